The van der Waals surface area contributed by atoms with Crippen LogP contribution in [0.3, 0.4) is 0 Å². The second kappa shape index (κ2) is 7.09. The van der Waals surface area contributed by atoms with Crippen LogP contribution in [0.2, 0.25) is 0 Å². The first-order valence-electron chi connectivity index (χ1n) is 8.14. The summed E-state index contributed by atoms with van der Waals surface area (Å²) in [5.74, 6) is 0.713. The molecule has 4 nitrogen and oxygen atoms in total. The van der Waals surface area contributed by atoms with E-state index in [1.54, 1.807) is 36.5 Å². The van der Waals surface area contributed by atoms with Crippen LogP contribution in [-0.2, 0) is 14.8 Å². The fourth-order valence-corrected chi connectivity index (χ4v) is 4.07. The Morgan fingerprint density at radius 1 is 1.00 bits per heavy atom. The standard InChI is InChI=1S/C19H21NO3S/c1-2-3-12-17-15-20(19(23-17)16-10-6-4-7-11-16)24(21,22)18-13-8-5-9-14-18/h4-11,13-15,19H,2-3,12H2,1H3. The Kier molecular flexibility index (Phi) is 4.90. The van der Waals surface area contributed by atoms with Gasteiger partial charge in [0.05, 0.1) is 11.1 Å². The highest BCUT2D eigenvalue weighted by atomic mass is 32.2. The van der Waals surface area contributed by atoms with Gasteiger partial charge in [0.2, 0.25) is 6.23 Å². The Hall–Kier alpha value is -2.27. The summed E-state index contributed by atoms with van der Waals surface area (Å²) < 4.78 is 33.4. The second-order valence-corrected chi connectivity index (χ2v) is 7.57. The minimum absolute atomic E-state index is 0.266. The Morgan fingerprint density at radius 2 is 1.62 bits per heavy atom. The molecule has 0 bridgehead atoms. The molecule has 1 atom stereocenters. The zero-order valence-corrected chi connectivity index (χ0v) is 14.4. The highest BCUT2D eigenvalue weighted by molar-refractivity contribution is 7.89. The predicted molar refractivity (Wildman–Crippen MR) is 93.3 cm³/mol. The summed E-state index contributed by atoms with van der Waals surface area (Å²) in [4.78, 5) is 0.266. The average molecular weight is 343 g/mol. The van der Waals surface area contributed by atoms with E-state index in [0.29, 0.717) is 5.76 Å². The summed E-state index contributed by atoms with van der Waals surface area (Å²) in [7, 11) is -3.66. The molecule has 0 aliphatic carbocycles. The number of rotatable bonds is 6. The van der Waals surface area contributed by atoms with Crippen LogP contribution in [0, 0.1) is 0 Å². The quantitative estimate of drug-likeness (QED) is 0.779. The van der Waals surface area contributed by atoms with Crippen molar-refractivity contribution in [1.29, 1.82) is 0 Å². The molecule has 0 saturated heterocycles. The van der Waals surface area contributed by atoms with Crippen LogP contribution >= 0.6 is 0 Å². The molecule has 1 aliphatic heterocycles. The third kappa shape index (κ3) is 3.31. The van der Waals surface area contributed by atoms with Crippen molar-refractivity contribution in [2.45, 2.75) is 37.3 Å². The molecule has 0 spiro atoms. The average Bonchev–Trinajstić information content (AvgIpc) is 3.06. The highest BCUT2D eigenvalue weighted by Gasteiger charge is 2.36. The molecule has 2 aromatic rings. The van der Waals surface area contributed by atoms with Gasteiger partial charge in [0, 0.05) is 12.0 Å². The van der Waals surface area contributed by atoms with Crippen LogP contribution in [0.25, 0.3) is 0 Å². The third-order valence-electron chi connectivity index (χ3n) is 3.95. The van der Waals surface area contributed by atoms with Crippen LogP contribution in [0.1, 0.15) is 38.0 Å². The van der Waals surface area contributed by atoms with E-state index < -0.39 is 16.3 Å². The maximum Gasteiger partial charge on any atom is 0.267 e. The van der Waals surface area contributed by atoms with Crippen molar-refractivity contribution in [3.05, 3.63) is 78.2 Å². The summed E-state index contributed by atoms with van der Waals surface area (Å²) in [5.41, 5.74) is 0.819. The van der Waals surface area contributed by atoms with Gasteiger partial charge < -0.3 is 4.74 Å². The topological polar surface area (TPSA) is 46.6 Å². The predicted octanol–water partition coefficient (Wildman–Crippen LogP) is 4.44. The van der Waals surface area contributed by atoms with Crippen molar-refractivity contribution in [3.8, 4) is 0 Å². The van der Waals surface area contributed by atoms with E-state index in [-0.39, 0.29) is 4.90 Å². The zero-order valence-electron chi connectivity index (χ0n) is 13.6. The van der Waals surface area contributed by atoms with Crippen LogP contribution in [-0.4, -0.2) is 12.7 Å². The minimum atomic E-state index is -3.66. The number of sulfonamides is 1. The third-order valence-corrected chi connectivity index (χ3v) is 5.67. The molecule has 2 aromatic carbocycles. The van der Waals surface area contributed by atoms with Gasteiger partial charge in [-0.1, -0.05) is 61.9 Å². The number of benzene rings is 2. The van der Waals surface area contributed by atoms with Crippen molar-refractivity contribution >= 4 is 10.0 Å². The summed E-state index contributed by atoms with van der Waals surface area (Å²) in [6.07, 6.45) is 3.72. The van der Waals surface area contributed by atoms with E-state index >= 15 is 0 Å². The molecule has 0 N–H and O–H groups in total. The number of hydrogen-bond acceptors (Lipinski definition) is 3. The first kappa shape index (κ1) is 16.6. The summed E-state index contributed by atoms with van der Waals surface area (Å²) in [6.45, 7) is 2.10. The summed E-state index contributed by atoms with van der Waals surface area (Å²) >= 11 is 0. The molecular formula is C19H21NO3S. The van der Waals surface area contributed by atoms with Gasteiger partial charge in [-0.25, -0.2) is 12.7 Å². The monoisotopic (exact) mass is 343 g/mol. The van der Waals surface area contributed by atoms with Crippen LogP contribution < -0.4 is 0 Å². The molecule has 0 amide bonds. The van der Waals surface area contributed by atoms with Crippen molar-refractivity contribution in [2.75, 3.05) is 0 Å². The van der Waals surface area contributed by atoms with Gasteiger partial charge in [-0.15, -0.1) is 0 Å². The first-order chi connectivity index (χ1) is 11.6. The van der Waals surface area contributed by atoms with Crippen molar-refractivity contribution in [2.24, 2.45) is 0 Å². The van der Waals surface area contributed by atoms with Crippen LogP contribution in [0.5, 0.6) is 0 Å². The Morgan fingerprint density at radius 3 is 2.25 bits per heavy atom. The van der Waals surface area contributed by atoms with Gasteiger partial charge >= 0.3 is 0 Å². The largest absolute Gasteiger partial charge is 0.468 e. The fourth-order valence-electron chi connectivity index (χ4n) is 2.65. The van der Waals surface area contributed by atoms with Gasteiger partial charge in [0.15, 0.2) is 0 Å². The fraction of sp³-hybridized carbons (Fsp3) is 0.263. The van der Waals surface area contributed by atoms with E-state index in [4.69, 9.17) is 4.74 Å². The van der Waals surface area contributed by atoms with Crippen molar-refractivity contribution in [3.63, 3.8) is 0 Å². The second-order valence-electron chi connectivity index (χ2n) is 5.73. The smallest absolute Gasteiger partial charge is 0.267 e. The summed E-state index contributed by atoms with van der Waals surface area (Å²) in [5, 5.41) is 0. The molecule has 0 radical (unpaired) electrons. The Balaban J connectivity index is 1.98. The molecule has 0 fully saturated rings. The molecule has 126 valence electrons. The SMILES string of the molecule is CCCCC1=CN(S(=O)(=O)c2ccccc2)C(c2ccccc2)O1. The van der Waals surface area contributed by atoms with E-state index in [1.807, 2.05) is 30.3 Å². The number of ether oxygens (including phenoxy) is 1. The minimum Gasteiger partial charge on any atom is -0.468 e. The Bertz CT molecular complexity index is 801. The van der Waals surface area contributed by atoms with E-state index in [9.17, 15) is 8.42 Å². The maximum absolute atomic E-state index is 13.0. The molecule has 1 aliphatic rings. The molecular weight excluding hydrogens is 322 g/mol. The molecule has 3 rings (SSSR count). The lowest BCUT2D eigenvalue weighted by molar-refractivity contribution is 0.0789. The molecule has 1 heterocycles. The highest BCUT2D eigenvalue weighted by Crippen LogP contribution is 2.37. The Labute approximate surface area is 143 Å². The lowest BCUT2D eigenvalue weighted by Gasteiger charge is -2.24. The van der Waals surface area contributed by atoms with Crippen molar-refractivity contribution < 1.29 is 13.2 Å². The lowest BCUT2D eigenvalue weighted by atomic mass is 10.2. The van der Waals surface area contributed by atoms with E-state index in [1.165, 1.54) is 4.31 Å². The van der Waals surface area contributed by atoms with E-state index in [2.05, 4.69) is 6.92 Å². The van der Waals surface area contributed by atoms with Crippen molar-refractivity contribution in [1.82, 2.24) is 4.31 Å². The molecule has 24 heavy (non-hydrogen) atoms. The molecule has 5 heteroatoms. The number of nitrogens with zero attached hydrogens (tertiary/aromatic N) is 1. The zero-order chi connectivity index (χ0) is 17.0. The van der Waals surface area contributed by atoms with E-state index in [0.717, 1.165) is 24.8 Å². The van der Waals surface area contributed by atoms with Gasteiger partial charge in [-0.3, -0.25) is 0 Å². The lowest BCUT2D eigenvalue weighted by Crippen LogP contribution is -2.28. The van der Waals surface area contributed by atoms with Gasteiger partial charge in [-0.05, 0) is 18.6 Å². The normalized spacial score (nSPS) is 17.5. The molecule has 0 aromatic heterocycles. The van der Waals surface area contributed by atoms with Crippen LogP contribution in [0.4, 0.5) is 0 Å². The number of unbranched alkanes of at least 4 members (excludes halogenated alkanes) is 1. The molecule has 0 saturated carbocycles. The van der Waals surface area contributed by atoms with Gasteiger partial charge in [0.25, 0.3) is 10.0 Å². The van der Waals surface area contributed by atoms with Gasteiger partial charge in [0.1, 0.15) is 5.76 Å². The van der Waals surface area contributed by atoms with Gasteiger partial charge in [-0.2, -0.15) is 0 Å². The summed E-state index contributed by atoms with van der Waals surface area (Å²) in [6, 6.07) is 17.9. The van der Waals surface area contributed by atoms with Crippen LogP contribution in [0.15, 0.2) is 77.5 Å². The number of hydrogen-bond donors (Lipinski definition) is 0. The first-order valence-corrected chi connectivity index (χ1v) is 9.58. The number of allylic oxidation sites excluding steroid dienone is 1. The maximum atomic E-state index is 13.0. The molecule has 1 unspecified atom stereocenters.